The van der Waals surface area contributed by atoms with Gasteiger partial charge in [-0.1, -0.05) is 6.92 Å². The molecule has 0 aromatic heterocycles. The van der Waals surface area contributed by atoms with Crippen LogP contribution in [0.4, 0.5) is 4.79 Å². The van der Waals surface area contributed by atoms with Crippen LogP contribution in [0.3, 0.4) is 0 Å². The van der Waals surface area contributed by atoms with Crippen LogP contribution in [-0.4, -0.2) is 52.0 Å². The van der Waals surface area contributed by atoms with Gasteiger partial charge in [-0.25, -0.2) is 9.59 Å². The van der Waals surface area contributed by atoms with E-state index in [2.05, 4.69) is 0 Å². The largest absolute Gasteiger partial charge is 0.480 e. The van der Waals surface area contributed by atoms with Crippen molar-refractivity contribution in [1.82, 2.24) is 4.90 Å². The van der Waals surface area contributed by atoms with Gasteiger partial charge in [0.25, 0.3) is 0 Å². The molecule has 0 aromatic carbocycles. The second-order valence-corrected chi connectivity index (χ2v) is 5.70. The molecule has 1 rings (SSSR count). The Labute approximate surface area is 114 Å². The summed E-state index contributed by atoms with van der Waals surface area (Å²) in [5.41, 5.74) is -0.605. The Morgan fingerprint density at radius 1 is 1.21 bits per heavy atom. The lowest BCUT2D eigenvalue weighted by molar-refractivity contribution is -0.142. The molecule has 2 N–H and O–H groups in total. The summed E-state index contributed by atoms with van der Waals surface area (Å²) in [4.78, 5) is 24.4. The van der Waals surface area contributed by atoms with Crippen molar-refractivity contribution in [2.75, 3.05) is 7.11 Å². The fraction of sp³-hybridized carbons (Fsp3) is 0.846. The average molecular weight is 275 g/mol. The highest BCUT2D eigenvalue weighted by molar-refractivity contribution is 5.81. The molecule has 0 spiro atoms. The number of nitrogens with zero attached hydrogens (tertiary/aromatic N) is 1. The normalized spacial score (nSPS) is 26.5. The first-order valence-electron chi connectivity index (χ1n) is 6.32. The van der Waals surface area contributed by atoms with Gasteiger partial charge >= 0.3 is 12.1 Å². The molecule has 3 atom stereocenters. The van der Waals surface area contributed by atoms with Crippen LogP contribution in [0.5, 0.6) is 0 Å². The number of carbonyl (C=O) groups excluding carboxylic acids is 1. The lowest BCUT2D eigenvalue weighted by atomic mass is 10.0. The Morgan fingerprint density at radius 3 is 2.05 bits per heavy atom. The van der Waals surface area contributed by atoms with Crippen molar-refractivity contribution < 1.29 is 24.5 Å². The van der Waals surface area contributed by atoms with Crippen molar-refractivity contribution in [2.24, 2.45) is 5.92 Å². The molecule has 0 aromatic rings. The molecule has 0 saturated carbocycles. The van der Waals surface area contributed by atoms with Crippen molar-refractivity contribution in [3.63, 3.8) is 0 Å². The molecule has 6 nitrogen and oxygen atoms in total. The van der Waals surface area contributed by atoms with Crippen LogP contribution < -0.4 is 0 Å². The number of ether oxygens (including phenoxy) is 1. The minimum atomic E-state index is -0.966. The first-order chi connectivity index (χ1) is 8.63. The van der Waals surface area contributed by atoms with E-state index in [0.29, 0.717) is 6.42 Å². The Morgan fingerprint density at radius 2 is 1.68 bits per heavy atom. The standard InChI is InChI=1S/C12H21NO4.CH4O/c1-7-6-9(10(14)15)13(8(7)2)11(16)17-12(3,4)5;1-2/h7-9H,6H2,1-5H3,(H,14,15);2H,1H3/t7?,8-,9?;/m0./s1. The first kappa shape index (κ1) is 17.7. The number of hydrogen-bond donors (Lipinski definition) is 2. The number of rotatable bonds is 1. The van der Waals surface area contributed by atoms with Crippen LogP contribution in [0.1, 0.15) is 41.0 Å². The molecule has 2 unspecified atom stereocenters. The van der Waals surface area contributed by atoms with Crippen molar-refractivity contribution in [2.45, 2.75) is 58.7 Å². The maximum absolute atomic E-state index is 12.0. The number of amides is 1. The molecule has 112 valence electrons. The topological polar surface area (TPSA) is 87.1 Å². The number of hydrogen-bond acceptors (Lipinski definition) is 4. The van der Waals surface area contributed by atoms with Crippen LogP contribution in [0.15, 0.2) is 0 Å². The Kier molecular flexibility index (Phi) is 6.29. The highest BCUT2D eigenvalue weighted by atomic mass is 16.6. The zero-order chi connectivity index (χ0) is 15.4. The smallest absolute Gasteiger partial charge is 0.411 e. The van der Waals surface area contributed by atoms with Gasteiger partial charge in [-0.05, 0) is 40.0 Å². The van der Waals surface area contributed by atoms with E-state index in [-0.39, 0.29) is 12.0 Å². The van der Waals surface area contributed by atoms with Gasteiger partial charge in [0.15, 0.2) is 0 Å². The molecule has 1 amide bonds. The minimum Gasteiger partial charge on any atom is -0.480 e. The molecule has 0 aliphatic carbocycles. The summed E-state index contributed by atoms with van der Waals surface area (Å²) < 4.78 is 5.24. The Hall–Kier alpha value is -1.30. The lowest BCUT2D eigenvalue weighted by Crippen LogP contribution is -2.46. The predicted molar refractivity (Wildman–Crippen MR) is 70.9 cm³/mol. The van der Waals surface area contributed by atoms with Crippen LogP contribution in [0.25, 0.3) is 0 Å². The average Bonchev–Trinajstić information content (AvgIpc) is 2.56. The third kappa shape index (κ3) is 4.70. The van der Waals surface area contributed by atoms with E-state index in [9.17, 15) is 9.59 Å². The highest BCUT2D eigenvalue weighted by Gasteiger charge is 2.44. The van der Waals surface area contributed by atoms with Gasteiger partial charge in [-0.15, -0.1) is 0 Å². The summed E-state index contributed by atoms with van der Waals surface area (Å²) in [6.07, 6.45) is -0.0582. The van der Waals surface area contributed by atoms with Gasteiger partial charge in [-0.2, -0.15) is 0 Å². The monoisotopic (exact) mass is 275 g/mol. The van der Waals surface area contributed by atoms with Gasteiger partial charge in [-0.3, -0.25) is 4.90 Å². The van der Waals surface area contributed by atoms with E-state index in [4.69, 9.17) is 14.9 Å². The van der Waals surface area contributed by atoms with Crippen LogP contribution in [-0.2, 0) is 9.53 Å². The van der Waals surface area contributed by atoms with Crippen molar-refractivity contribution in [3.05, 3.63) is 0 Å². The zero-order valence-corrected chi connectivity index (χ0v) is 12.5. The quantitative estimate of drug-likeness (QED) is 0.760. The maximum atomic E-state index is 12.0. The van der Waals surface area contributed by atoms with Crippen molar-refractivity contribution >= 4 is 12.1 Å². The number of carbonyl (C=O) groups is 2. The molecule has 0 bridgehead atoms. The SMILES string of the molecule is CC1CC(C(=O)O)N(C(=O)OC(C)(C)C)[C@H]1C.CO. The molecule has 19 heavy (non-hydrogen) atoms. The lowest BCUT2D eigenvalue weighted by Gasteiger charge is -2.30. The Balaban J connectivity index is 0.00000154. The van der Waals surface area contributed by atoms with E-state index in [1.807, 2.05) is 13.8 Å². The van der Waals surface area contributed by atoms with Crippen molar-refractivity contribution in [3.8, 4) is 0 Å². The van der Waals surface area contributed by atoms with Gasteiger partial charge in [0.2, 0.25) is 0 Å². The van der Waals surface area contributed by atoms with Gasteiger partial charge < -0.3 is 14.9 Å². The zero-order valence-electron chi connectivity index (χ0n) is 12.5. The van der Waals surface area contributed by atoms with Crippen LogP contribution >= 0.6 is 0 Å². The van der Waals surface area contributed by atoms with Crippen LogP contribution in [0, 0.1) is 5.92 Å². The maximum Gasteiger partial charge on any atom is 0.411 e. The van der Waals surface area contributed by atoms with E-state index in [1.165, 1.54) is 4.90 Å². The molecular weight excluding hydrogens is 250 g/mol. The summed E-state index contributed by atoms with van der Waals surface area (Å²) in [7, 11) is 1.00. The second-order valence-electron chi connectivity index (χ2n) is 5.70. The minimum absolute atomic E-state index is 0.106. The molecule has 1 aliphatic rings. The van der Waals surface area contributed by atoms with E-state index in [1.54, 1.807) is 20.8 Å². The Bertz CT molecular complexity index is 323. The van der Waals surface area contributed by atoms with E-state index < -0.39 is 23.7 Å². The summed E-state index contributed by atoms with van der Waals surface area (Å²) in [5.74, 6) is -0.796. The molecule has 1 aliphatic heterocycles. The first-order valence-corrected chi connectivity index (χ1v) is 6.32. The molecule has 0 radical (unpaired) electrons. The fourth-order valence-corrected chi connectivity index (χ4v) is 2.05. The molecule has 1 fully saturated rings. The van der Waals surface area contributed by atoms with Crippen LogP contribution in [0.2, 0.25) is 0 Å². The summed E-state index contributed by atoms with van der Waals surface area (Å²) >= 11 is 0. The molecular formula is C13H25NO5. The summed E-state index contributed by atoms with van der Waals surface area (Å²) in [6.45, 7) is 9.11. The van der Waals surface area contributed by atoms with E-state index in [0.717, 1.165) is 7.11 Å². The molecule has 1 saturated heterocycles. The van der Waals surface area contributed by atoms with Gasteiger partial charge in [0.1, 0.15) is 11.6 Å². The number of carboxylic acid groups (broad SMARTS) is 1. The predicted octanol–water partition coefficient (Wildman–Crippen LogP) is 1.71. The van der Waals surface area contributed by atoms with Gasteiger partial charge in [0, 0.05) is 13.2 Å². The summed E-state index contributed by atoms with van der Waals surface area (Å²) in [5, 5.41) is 16.1. The molecule has 6 heteroatoms. The number of likely N-dealkylation sites (tertiary alicyclic amines) is 1. The van der Waals surface area contributed by atoms with E-state index >= 15 is 0 Å². The third-order valence-electron chi connectivity index (χ3n) is 3.08. The number of carboxylic acids is 1. The van der Waals surface area contributed by atoms with Crippen molar-refractivity contribution in [1.29, 1.82) is 0 Å². The number of aliphatic hydroxyl groups excluding tert-OH is 1. The summed E-state index contributed by atoms with van der Waals surface area (Å²) in [6, 6.07) is -0.874. The second kappa shape index (κ2) is 6.75. The number of aliphatic hydroxyl groups is 1. The van der Waals surface area contributed by atoms with Gasteiger partial charge in [0.05, 0.1) is 0 Å². The highest BCUT2D eigenvalue weighted by Crippen LogP contribution is 2.31. The number of aliphatic carboxylic acids is 1. The third-order valence-corrected chi connectivity index (χ3v) is 3.08. The fourth-order valence-electron chi connectivity index (χ4n) is 2.05. The molecule has 1 heterocycles.